The first-order valence-electron chi connectivity index (χ1n) is 8.20. The van der Waals surface area contributed by atoms with Crippen LogP contribution in [0.3, 0.4) is 0 Å². The van der Waals surface area contributed by atoms with Crippen molar-refractivity contribution in [3.8, 4) is 0 Å². The largest absolute Gasteiger partial charge is 0.461 e. The van der Waals surface area contributed by atoms with Gasteiger partial charge in [0.1, 0.15) is 5.70 Å². The lowest BCUT2D eigenvalue weighted by atomic mass is 9.94. The van der Waals surface area contributed by atoms with Crippen LogP contribution in [0.2, 0.25) is 0 Å². The van der Waals surface area contributed by atoms with Gasteiger partial charge in [0.05, 0.1) is 6.61 Å². The van der Waals surface area contributed by atoms with Gasteiger partial charge in [-0.1, -0.05) is 13.0 Å². The Morgan fingerprint density at radius 3 is 2.55 bits per heavy atom. The van der Waals surface area contributed by atoms with Gasteiger partial charge < -0.3 is 14.5 Å². The van der Waals surface area contributed by atoms with Crippen molar-refractivity contribution in [3.05, 3.63) is 11.8 Å². The fraction of sp³-hybridized carbons (Fsp3) is 0.765. The molecule has 0 aromatic heterocycles. The molecule has 0 spiro atoms. The van der Waals surface area contributed by atoms with Crippen molar-refractivity contribution in [1.29, 1.82) is 0 Å². The molecule has 22 heavy (non-hydrogen) atoms. The molecule has 1 saturated heterocycles. The predicted octanol–water partition coefficient (Wildman–Crippen LogP) is 2.57. The Morgan fingerprint density at radius 1 is 1.36 bits per heavy atom. The van der Waals surface area contributed by atoms with Crippen LogP contribution in [-0.4, -0.2) is 54.5 Å². The van der Waals surface area contributed by atoms with Gasteiger partial charge in [-0.3, -0.25) is 4.79 Å². The van der Waals surface area contributed by atoms with Gasteiger partial charge in [0.2, 0.25) is 5.91 Å². The highest BCUT2D eigenvalue weighted by molar-refractivity contribution is 5.93. The molecule has 1 heterocycles. The Kier molecular flexibility index (Phi) is 7.07. The minimum atomic E-state index is -0.418. The molecule has 0 aliphatic carbocycles. The molecule has 0 saturated carbocycles. The van der Waals surface area contributed by atoms with Crippen LogP contribution in [-0.2, 0) is 14.3 Å². The monoisotopic (exact) mass is 310 g/mol. The summed E-state index contributed by atoms with van der Waals surface area (Å²) in [7, 11) is 3.76. The third-order valence-corrected chi connectivity index (χ3v) is 4.55. The number of rotatable bonds is 7. The van der Waals surface area contributed by atoms with E-state index >= 15 is 0 Å². The number of hydrogen-bond acceptors (Lipinski definition) is 4. The summed E-state index contributed by atoms with van der Waals surface area (Å²) in [6.45, 7) is 7.31. The van der Waals surface area contributed by atoms with Crippen LogP contribution in [0.1, 0.15) is 52.9 Å². The van der Waals surface area contributed by atoms with Gasteiger partial charge in [-0.25, -0.2) is 4.79 Å². The molecule has 1 aliphatic rings. The second-order valence-electron chi connectivity index (χ2n) is 6.24. The van der Waals surface area contributed by atoms with Crippen molar-refractivity contribution >= 4 is 11.9 Å². The minimum absolute atomic E-state index is 0.0480. The second kappa shape index (κ2) is 8.32. The van der Waals surface area contributed by atoms with E-state index in [2.05, 4.69) is 18.9 Å². The molecule has 1 fully saturated rings. The van der Waals surface area contributed by atoms with Gasteiger partial charge in [-0.15, -0.1) is 0 Å². The van der Waals surface area contributed by atoms with Crippen LogP contribution in [0, 0.1) is 0 Å². The summed E-state index contributed by atoms with van der Waals surface area (Å²) in [5.41, 5.74) is 0.411. The number of amides is 1. The van der Waals surface area contributed by atoms with E-state index in [1.807, 2.05) is 13.0 Å². The average Bonchev–Trinajstić information content (AvgIpc) is 2.79. The van der Waals surface area contributed by atoms with Crippen molar-refractivity contribution < 1.29 is 14.3 Å². The average molecular weight is 310 g/mol. The summed E-state index contributed by atoms with van der Waals surface area (Å²) >= 11 is 0. The van der Waals surface area contributed by atoms with E-state index < -0.39 is 5.97 Å². The molecule has 0 aromatic rings. The highest BCUT2D eigenvalue weighted by atomic mass is 16.5. The van der Waals surface area contributed by atoms with E-state index in [-0.39, 0.29) is 11.4 Å². The number of esters is 1. The lowest BCUT2D eigenvalue weighted by molar-refractivity contribution is -0.143. The van der Waals surface area contributed by atoms with Crippen molar-refractivity contribution in [2.75, 3.05) is 27.2 Å². The molecule has 1 aliphatic heterocycles. The SMILES string of the molecule is CCCC(=O)N(C)/C(=C/C[C@@]1(C)CCCN1C)C(=O)OCC. The van der Waals surface area contributed by atoms with E-state index in [0.29, 0.717) is 18.7 Å². The molecule has 1 atom stereocenters. The summed E-state index contributed by atoms with van der Waals surface area (Å²) in [6, 6.07) is 0. The van der Waals surface area contributed by atoms with Crippen molar-refractivity contribution in [1.82, 2.24) is 9.80 Å². The third-order valence-electron chi connectivity index (χ3n) is 4.55. The van der Waals surface area contributed by atoms with Gasteiger partial charge in [-0.2, -0.15) is 0 Å². The summed E-state index contributed by atoms with van der Waals surface area (Å²) in [5.74, 6) is -0.467. The van der Waals surface area contributed by atoms with Crippen LogP contribution in [0.25, 0.3) is 0 Å². The van der Waals surface area contributed by atoms with E-state index in [9.17, 15) is 9.59 Å². The molecule has 1 rings (SSSR count). The molecular weight excluding hydrogens is 280 g/mol. The molecule has 1 amide bonds. The number of ether oxygens (including phenoxy) is 1. The Bertz CT molecular complexity index is 434. The maximum Gasteiger partial charge on any atom is 0.354 e. The zero-order chi connectivity index (χ0) is 16.8. The Balaban J connectivity index is 2.91. The molecular formula is C17H30N2O3. The van der Waals surface area contributed by atoms with E-state index in [1.54, 1.807) is 14.0 Å². The Hall–Kier alpha value is -1.36. The lowest BCUT2D eigenvalue weighted by Crippen LogP contribution is -2.38. The molecule has 0 N–H and O–H groups in total. The summed E-state index contributed by atoms with van der Waals surface area (Å²) < 4.78 is 5.11. The van der Waals surface area contributed by atoms with Gasteiger partial charge in [-0.05, 0) is 53.1 Å². The predicted molar refractivity (Wildman–Crippen MR) is 87.3 cm³/mol. The molecule has 0 radical (unpaired) electrons. The molecule has 0 unspecified atom stereocenters. The second-order valence-corrected chi connectivity index (χ2v) is 6.24. The first-order valence-corrected chi connectivity index (χ1v) is 8.20. The maximum atomic E-state index is 12.2. The minimum Gasteiger partial charge on any atom is -0.461 e. The van der Waals surface area contributed by atoms with Crippen LogP contribution in [0.5, 0.6) is 0 Å². The van der Waals surface area contributed by atoms with E-state index in [4.69, 9.17) is 4.74 Å². The maximum absolute atomic E-state index is 12.2. The summed E-state index contributed by atoms with van der Waals surface area (Å²) in [4.78, 5) is 28.1. The van der Waals surface area contributed by atoms with Gasteiger partial charge >= 0.3 is 5.97 Å². The standard InChI is InChI=1S/C17H30N2O3/c1-6-9-15(20)19(5)14(16(21)22-7-2)10-12-17(3)11-8-13-18(17)4/h10H,6-9,11-13H2,1-5H3/b14-10+/t17-/m1/s1. The van der Waals surface area contributed by atoms with Crippen LogP contribution < -0.4 is 0 Å². The van der Waals surface area contributed by atoms with Gasteiger partial charge in [0, 0.05) is 19.0 Å². The van der Waals surface area contributed by atoms with E-state index in [0.717, 1.165) is 25.8 Å². The summed E-state index contributed by atoms with van der Waals surface area (Å²) in [6.07, 6.45) is 6.07. The Labute approximate surface area is 134 Å². The van der Waals surface area contributed by atoms with Gasteiger partial charge in [0.25, 0.3) is 0 Å². The normalized spacial score (nSPS) is 22.7. The number of likely N-dealkylation sites (N-methyl/N-ethyl adjacent to an activating group) is 1. The first kappa shape index (κ1) is 18.7. The number of carbonyl (C=O) groups is 2. The number of nitrogens with zero attached hydrogens (tertiary/aromatic N) is 2. The van der Waals surface area contributed by atoms with Crippen LogP contribution in [0.15, 0.2) is 11.8 Å². The van der Waals surface area contributed by atoms with E-state index in [1.165, 1.54) is 11.3 Å². The first-order chi connectivity index (χ1) is 10.4. The molecule has 126 valence electrons. The molecule has 5 heteroatoms. The lowest BCUT2D eigenvalue weighted by Gasteiger charge is -2.31. The zero-order valence-corrected chi connectivity index (χ0v) is 14.6. The van der Waals surface area contributed by atoms with Gasteiger partial charge in [0.15, 0.2) is 0 Å². The smallest absolute Gasteiger partial charge is 0.354 e. The van der Waals surface area contributed by atoms with Crippen LogP contribution >= 0.6 is 0 Å². The van der Waals surface area contributed by atoms with Crippen LogP contribution in [0.4, 0.5) is 0 Å². The Morgan fingerprint density at radius 2 is 2.05 bits per heavy atom. The highest BCUT2D eigenvalue weighted by Crippen LogP contribution is 2.31. The number of hydrogen-bond donors (Lipinski definition) is 0. The third kappa shape index (κ3) is 4.57. The molecule has 0 bridgehead atoms. The molecule has 0 aromatic carbocycles. The number of likely N-dealkylation sites (tertiary alicyclic amines) is 1. The van der Waals surface area contributed by atoms with Crippen molar-refractivity contribution in [3.63, 3.8) is 0 Å². The molecule has 5 nitrogen and oxygen atoms in total. The fourth-order valence-corrected chi connectivity index (χ4v) is 2.81. The van der Waals surface area contributed by atoms with Crippen molar-refractivity contribution in [2.45, 2.75) is 58.4 Å². The quantitative estimate of drug-likeness (QED) is 0.536. The number of carbonyl (C=O) groups excluding carboxylic acids is 2. The topological polar surface area (TPSA) is 49.9 Å². The highest BCUT2D eigenvalue weighted by Gasteiger charge is 2.33. The zero-order valence-electron chi connectivity index (χ0n) is 14.6. The summed E-state index contributed by atoms with van der Waals surface area (Å²) in [5, 5.41) is 0. The fourth-order valence-electron chi connectivity index (χ4n) is 2.81. The van der Waals surface area contributed by atoms with Crippen molar-refractivity contribution in [2.24, 2.45) is 0 Å².